The van der Waals surface area contributed by atoms with Crippen LogP contribution in [0.1, 0.15) is 30.1 Å². The average Bonchev–Trinajstić information content (AvgIpc) is 2.07. The minimum Gasteiger partial charge on any atom is -0.388 e. The normalized spacial score (nSPS) is 22.0. The molecule has 0 aromatic heterocycles. The van der Waals surface area contributed by atoms with Gasteiger partial charge in [-0.15, -0.1) is 0 Å². The Labute approximate surface area is 80.5 Å². The number of aliphatic hydroxyl groups excluding tert-OH is 1. The fourth-order valence-electron chi connectivity index (χ4n) is 1.75. The highest BCUT2D eigenvalue weighted by Gasteiger charge is 2.17. The number of benzene rings is 1. The van der Waals surface area contributed by atoms with Gasteiger partial charge < -0.3 is 5.11 Å². The lowest BCUT2D eigenvalue weighted by molar-refractivity contribution is 0.156. The van der Waals surface area contributed by atoms with E-state index in [0.29, 0.717) is 0 Å². The summed E-state index contributed by atoms with van der Waals surface area (Å²) in [4.78, 5) is 0. The lowest BCUT2D eigenvalue weighted by Gasteiger charge is -2.21. The second kappa shape index (κ2) is 3.19. The van der Waals surface area contributed by atoms with E-state index in [1.807, 2.05) is 12.1 Å². The Kier molecular flexibility index (Phi) is 2.20. The molecule has 1 aromatic rings. The van der Waals surface area contributed by atoms with Crippen molar-refractivity contribution in [3.8, 4) is 0 Å². The number of aliphatic hydroxyl groups is 1. The van der Waals surface area contributed by atoms with Crippen molar-refractivity contribution in [2.75, 3.05) is 0 Å². The van der Waals surface area contributed by atoms with Gasteiger partial charge in [0.25, 0.3) is 0 Å². The van der Waals surface area contributed by atoms with Gasteiger partial charge in [0.1, 0.15) is 0 Å². The van der Waals surface area contributed by atoms with Crippen molar-refractivity contribution >= 4 is 15.9 Å². The quantitative estimate of drug-likeness (QED) is 0.722. The molecular formula is C10H11BrO. The van der Waals surface area contributed by atoms with Crippen molar-refractivity contribution in [2.24, 2.45) is 0 Å². The second-order valence-corrected chi connectivity index (χ2v) is 4.17. The van der Waals surface area contributed by atoms with E-state index in [-0.39, 0.29) is 6.10 Å². The van der Waals surface area contributed by atoms with Crippen molar-refractivity contribution < 1.29 is 5.11 Å². The first-order valence-corrected chi connectivity index (χ1v) is 5.03. The van der Waals surface area contributed by atoms with Crippen LogP contribution in [0.5, 0.6) is 0 Å². The van der Waals surface area contributed by atoms with Gasteiger partial charge in [0.2, 0.25) is 0 Å². The van der Waals surface area contributed by atoms with Crippen LogP contribution in [0.2, 0.25) is 0 Å². The predicted octanol–water partition coefficient (Wildman–Crippen LogP) is 2.82. The largest absolute Gasteiger partial charge is 0.388 e. The van der Waals surface area contributed by atoms with Crippen LogP contribution in [0.3, 0.4) is 0 Å². The first kappa shape index (κ1) is 8.27. The zero-order chi connectivity index (χ0) is 8.55. The number of halogens is 1. The van der Waals surface area contributed by atoms with E-state index in [1.54, 1.807) is 0 Å². The molecular weight excluding hydrogens is 216 g/mol. The highest BCUT2D eigenvalue weighted by atomic mass is 79.9. The van der Waals surface area contributed by atoms with Crippen molar-refractivity contribution in [2.45, 2.75) is 25.4 Å². The average molecular weight is 227 g/mol. The Hall–Kier alpha value is -0.340. The molecule has 0 saturated carbocycles. The number of hydrogen-bond acceptors (Lipinski definition) is 1. The van der Waals surface area contributed by atoms with E-state index in [2.05, 4.69) is 22.0 Å². The summed E-state index contributed by atoms with van der Waals surface area (Å²) in [6, 6.07) is 6.16. The lowest BCUT2D eigenvalue weighted by atomic mass is 9.90. The van der Waals surface area contributed by atoms with E-state index >= 15 is 0 Å². The van der Waals surface area contributed by atoms with Crippen molar-refractivity contribution in [3.63, 3.8) is 0 Å². The SMILES string of the molecule is O[C@@H]1CCCc2ccc(Br)cc21. The third kappa shape index (κ3) is 1.41. The van der Waals surface area contributed by atoms with Gasteiger partial charge in [-0.1, -0.05) is 22.0 Å². The maximum absolute atomic E-state index is 9.66. The zero-order valence-corrected chi connectivity index (χ0v) is 8.34. The topological polar surface area (TPSA) is 20.2 Å². The standard InChI is InChI=1S/C10H11BrO/c11-8-5-4-7-2-1-3-10(12)9(7)6-8/h4-6,10,12H,1-3H2/t10-/m1/s1. The van der Waals surface area contributed by atoms with E-state index in [4.69, 9.17) is 0 Å². The highest BCUT2D eigenvalue weighted by molar-refractivity contribution is 9.10. The maximum Gasteiger partial charge on any atom is 0.0793 e. The summed E-state index contributed by atoms with van der Waals surface area (Å²) in [7, 11) is 0. The van der Waals surface area contributed by atoms with E-state index in [9.17, 15) is 5.11 Å². The number of fused-ring (bicyclic) bond motifs is 1. The predicted molar refractivity (Wildman–Crippen MR) is 52.0 cm³/mol. The molecule has 0 unspecified atom stereocenters. The summed E-state index contributed by atoms with van der Waals surface area (Å²) in [5.41, 5.74) is 2.41. The maximum atomic E-state index is 9.66. The van der Waals surface area contributed by atoms with E-state index in [1.165, 1.54) is 5.56 Å². The highest BCUT2D eigenvalue weighted by Crippen LogP contribution is 2.31. The molecule has 0 aliphatic heterocycles. The minimum atomic E-state index is -0.244. The van der Waals surface area contributed by atoms with Crippen LogP contribution in [0, 0.1) is 0 Å². The van der Waals surface area contributed by atoms with Crippen LogP contribution in [-0.2, 0) is 6.42 Å². The van der Waals surface area contributed by atoms with Gasteiger partial charge in [0.15, 0.2) is 0 Å². The van der Waals surface area contributed by atoms with Gasteiger partial charge in [-0.3, -0.25) is 0 Å². The van der Waals surface area contributed by atoms with E-state index in [0.717, 1.165) is 29.3 Å². The molecule has 2 rings (SSSR count). The summed E-state index contributed by atoms with van der Waals surface area (Å²) >= 11 is 3.41. The van der Waals surface area contributed by atoms with Gasteiger partial charge in [0.05, 0.1) is 6.10 Å². The Balaban J connectivity index is 2.47. The van der Waals surface area contributed by atoms with Crippen molar-refractivity contribution in [1.29, 1.82) is 0 Å². The molecule has 12 heavy (non-hydrogen) atoms. The number of aryl methyl sites for hydroxylation is 1. The van der Waals surface area contributed by atoms with Crippen LogP contribution in [0.15, 0.2) is 22.7 Å². The van der Waals surface area contributed by atoms with Gasteiger partial charge in [-0.2, -0.15) is 0 Å². The molecule has 0 bridgehead atoms. The monoisotopic (exact) mass is 226 g/mol. The molecule has 0 fully saturated rings. The van der Waals surface area contributed by atoms with Gasteiger partial charge in [0, 0.05) is 4.47 Å². The van der Waals surface area contributed by atoms with Gasteiger partial charge in [-0.05, 0) is 42.5 Å². The molecule has 1 N–H and O–H groups in total. The molecule has 1 atom stereocenters. The van der Waals surface area contributed by atoms with Crippen LogP contribution in [-0.4, -0.2) is 5.11 Å². The van der Waals surface area contributed by atoms with E-state index < -0.39 is 0 Å². The summed E-state index contributed by atoms with van der Waals surface area (Å²) in [6.45, 7) is 0. The van der Waals surface area contributed by atoms with Crippen LogP contribution in [0.4, 0.5) is 0 Å². The molecule has 0 spiro atoms. The molecule has 1 aromatic carbocycles. The molecule has 0 heterocycles. The molecule has 2 heteroatoms. The minimum absolute atomic E-state index is 0.244. The molecule has 1 aliphatic carbocycles. The lowest BCUT2D eigenvalue weighted by Crippen LogP contribution is -2.08. The van der Waals surface area contributed by atoms with Gasteiger partial charge >= 0.3 is 0 Å². The smallest absolute Gasteiger partial charge is 0.0793 e. The van der Waals surface area contributed by atoms with Crippen LogP contribution in [0.25, 0.3) is 0 Å². The summed E-state index contributed by atoms with van der Waals surface area (Å²) in [5.74, 6) is 0. The fraction of sp³-hybridized carbons (Fsp3) is 0.400. The van der Waals surface area contributed by atoms with Crippen LogP contribution >= 0.6 is 15.9 Å². The Morgan fingerprint density at radius 2 is 2.25 bits per heavy atom. The second-order valence-electron chi connectivity index (χ2n) is 3.25. The molecule has 1 aliphatic rings. The molecule has 0 saturated heterocycles. The molecule has 0 radical (unpaired) electrons. The first-order chi connectivity index (χ1) is 5.77. The number of rotatable bonds is 0. The Morgan fingerprint density at radius 3 is 3.08 bits per heavy atom. The van der Waals surface area contributed by atoms with Crippen molar-refractivity contribution in [3.05, 3.63) is 33.8 Å². The Morgan fingerprint density at radius 1 is 1.42 bits per heavy atom. The third-order valence-electron chi connectivity index (χ3n) is 2.39. The molecule has 1 nitrogen and oxygen atoms in total. The fourth-order valence-corrected chi connectivity index (χ4v) is 2.12. The molecule has 0 amide bonds. The third-order valence-corrected chi connectivity index (χ3v) is 2.88. The summed E-state index contributed by atoms with van der Waals surface area (Å²) in [6.07, 6.45) is 2.88. The summed E-state index contributed by atoms with van der Waals surface area (Å²) < 4.78 is 1.06. The van der Waals surface area contributed by atoms with Crippen molar-refractivity contribution in [1.82, 2.24) is 0 Å². The zero-order valence-electron chi connectivity index (χ0n) is 6.76. The van der Waals surface area contributed by atoms with Gasteiger partial charge in [-0.25, -0.2) is 0 Å². The molecule has 64 valence electrons. The number of hydrogen-bond donors (Lipinski definition) is 1. The first-order valence-electron chi connectivity index (χ1n) is 4.24. The Bertz CT molecular complexity index is 296. The summed E-state index contributed by atoms with van der Waals surface area (Å²) in [5, 5.41) is 9.66. The van der Waals surface area contributed by atoms with Crippen LogP contribution < -0.4 is 0 Å².